The summed E-state index contributed by atoms with van der Waals surface area (Å²) in [6.07, 6.45) is 2.58. The number of nitrogens with one attached hydrogen (secondary N) is 1. The van der Waals surface area contributed by atoms with E-state index >= 15 is 0 Å². The first-order valence-electron chi connectivity index (χ1n) is 9.98. The molecule has 0 bridgehead atoms. The summed E-state index contributed by atoms with van der Waals surface area (Å²) >= 11 is 0. The average molecular weight is 380 g/mol. The Morgan fingerprint density at radius 2 is 2.11 bits per heavy atom. The lowest BCUT2D eigenvalue weighted by Crippen LogP contribution is -2.52. The van der Waals surface area contributed by atoms with Gasteiger partial charge in [0.15, 0.2) is 0 Å². The molecule has 1 saturated heterocycles. The van der Waals surface area contributed by atoms with E-state index in [1.165, 1.54) is 17.6 Å². The fourth-order valence-corrected chi connectivity index (χ4v) is 3.99. The number of benzene rings is 1. The Kier molecular flexibility index (Phi) is 5.43. The van der Waals surface area contributed by atoms with Crippen LogP contribution in [-0.4, -0.2) is 58.8 Å². The zero-order valence-corrected chi connectivity index (χ0v) is 16.9. The van der Waals surface area contributed by atoms with Gasteiger partial charge in [-0.15, -0.1) is 0 Å². The summed E-state index contributed by atoms with van der Waals surface area (Å²) in [5, 5.41) is 8.27. The maximum absolute atomic E-state index is 5.20. The second-order valence-corrected chi connectivity index (χ2v) is 7.63. The fraction of sp³-hybridized carbons (Fsp3) is 0.476. The van der Waals surface area contributed by atoms with Crippen LogP contribution in [0.4, 0.5) is 11.5 Å². The van der Waals surface area contributed by atoms with Gasteiger partial charge in [0.2, 0.25) is 0 Å². The minimum atomic E-state index is 0.518. The monoisotopic (exact) mass is 380 g/mol. The molecular formula is C21H28N6O. The van der Waals surface area contributed by atoms with Crippen LogP contribution < -0.4 is 10.2 Å². The Balaban J connectivity index is 1.27. The topological polar surface area (TPSA) is 70.3 Å². The van der Waals surface area contributed by atoms with E-state index in [0.717, 1.165) is 56.0 Å². The van der Waals surface area contributed by atoms with Gasteiger partial charge in [0.1, 0.15) is 17.5 Å². The summed E-state index contributed by atoms with van der Waals surface area (Å²) in [6.45, 7) is 11.6. The zero-order chi connectivity index (χ0) is 19.5. The van der Waals surface area contributed by atoms with E-state index in [1.807, 2.05) is 6.92 Å². The Morgan fingerprint density at radius 3 is 2.93 bits per heavy atom. The number of nitrogens with zero attached hydrogens (tertiary/aromatic N) is 5. The van der Waals surface area contributed by atoms with Crippen molar-refractivity contribution in [2.75, 3.05) is 42.9 Å². The second-order valence-electron chi connectivity index (χ2n) is 7.63. The smallest absolute Gasteiger partial charge is 0.263 e. The number of fused-ring (bicyclic) bond motifs is 1. The number of rotatable bonds is 6. The van der Waals surface area contributed by atoms with E-state index < -0.39 is 0 Å². The quantitative estimate of drug-likeness (QED) is 0.658. The highest BCUT2D eigenvalue weighted by atomic mass is 16.5. The first-order valence-corrected chi connectivity index (χ1v) is 9.98. The number of hydrogen-bond acceptors (Lipinski definition) is 7. The van der Waals surface area contributed by atoms with Gasteiger partial charge in [0, 0.05) is 37.9 Å². The molecule has 2 aromatic heterocycles. The molecule has 1 N–H and O–H groups in total. The fourth-order valence-electron chi connectivity index (χ4n) is 3.99. The molecule has 1 aromatic carbocycles. The molecule has 0 aliphatic carbocycles. The van der Waals surface area contributed by atoms with E-state index in [-0.39, 0.29) is 0 Å². The van der Waals surface area contributed by atoms with Crippen LogP contribution in [0.25, 0.3) is 11.1 Å². The van der Waals surface area contributed by atoms with Crippen molar-refractivity contribution in [3.05, 3.63) is 41.9 Å². The molecule has 0 unspecified atom stereocenters. The summed E-state index contributed by atoms with van der Waals surface area (Å²) in [4.78, 5) is 13.5. The lowest BCUT2D eigenvalue weighted by Gasteiger charge is -2.41. The van der Waals surface area contributed by atoms with Gasteiger partial charge in [0.05, 0.1) is 5.69 Å². The van der Waals surface area contributed by atoms with Crippen LogP contribution in [0.2, 0.25) is 0 Å². The molecule has 28 heavy (non-hydrogen) atoms. The predicted octanol–water partition coefficient (Wildman–Crippen LogP) is 3.25. The first kappa shape index (κ1) is 18.7. The van der Waals surface area contributed by atoms with Gasteiger partial charge in [-0.25, -0.2) is 4.98 Å². The lowest BCUT2D eigenvalue weighted by atomic mass is 10.1. The molecule has 0 spiro atoms. The van der Waals surface area contributed by atoms with Crippen molar-refractivity contribution in [2.24, 2.45) is 0 Å². The van der Waals surface area contributed by atoms with Crippen LogP contribution >= 0.6 is 0 Å². The van der Waals surface area contributed by atoms with Gasteiger partial charge in [0.25, 0.3) is 5.71 Å². The molecule has 1 aliphatic heterocycles. The third kappa shape index (κ3) is 3.94. The Hall–Kier alpha value is -2.67. The van der Waals surface area contributed by atoms with E-state index in [0.29, 0.717) is 11.8 Å². The molecule has 148 valence electrons. The molecule has 0 saturated carbocycles. The van der Waals surface area contributed by atoms with Crippen molar-refractivity contribution >= 4 is 22.6 Å². The first-order chi connectivity index (χ1) is 13.6. The van der Waals surface area contributed by atoms with Crippen LogP contribution in [-0.2, 0) is 0 Å². The van der Waals surface area contributed by atoms with Crippen molar-refractivity contribution in [3.8, 4) is 0 Å². The van der Waals surface area contributed by atoms with E-state index in [2.05, 4.69) is 68.4 Å². The Labute approximate surface area is 165 Å². The van der Waals surface area contributed by atoms with Crippen molar-refractivity contribution in [2.45, 2.75) is 33.2 Å². The molecule has 1 fully saturated rings. The maximum atomic E-state index is 5.20. The SMILES string of the molecule is Cc1cccc(N2CCN(CCCNc3ncnc4onc(C)c34)C[C@H]2C)c1. The predicted molar refractivity (Wildman–Crippen MR) is 112 cm³/mol. The van der Waals surface area contributed by atoms with Gasteiger partial charge in [-0.2, -0.15) is 4.98 Å². The lowest BCUT2D eigenvalue weighted by molar-refractivity contribution is 0.228. The number of aromatic nitrogens is 3. The summed E-state index contributed by atoms with van der Waals surface area (Å²) in [5.74, 6) is 0.807. The number of anilines is 2. The zero-order valence-electron chi connectivity index (χ0n) is 16.9. The molecule has 3 heterocycles. The van der Waals surface area contributed by atoms with Crippen LogP contribution in [0.1, 0.15) is 24.6 Å². The highest BCUT2D eigenvalue weighted by molar-refractivity contribution is 5.87. The minimum absolute atomic E-state index is 0.518. The number of hydrogen-bond donors (Lipinski definition) is 1. The van der Waals surface area contributed by atoms with Crippen LogP contribution in [0, 0.1) is 13.8 Å². The molecule has 1 aliphatic rings. The van der Waals surface area contributed by atoms with Gasteiger partial charge in [-0.05, 0) is 51.4 Å². The summed E-state index contributed by atoms with van der Waals surface area (Å²) in [6, 6.07) is 9.33. The summed E-state index contributed by atoms with van der Waals surface area (Å²) < 4.78 is 5.20. The maximum Gasteiger partial charge on any atom is 0.263 e. The third-order valence-corrected chi connectivity index (χ3v) is 5.43. The Bertz CT molecular complexity index is 940. The molecule has 0 radical (unpaired) electrons. The van der Waals surface area contributed by atoms with Crippen LogP contribution in [0.3, 0.4) is 0 Å². The van der Waals surface area contributed by atoms with Crippen molar-refractivity contribution in [3.63, 3.8) is 0 Å². The minimum Gasteiger partial charge on any atom is -0.369 e. The van der Waals surface area contributed by atoms with Gasteiger partial charge < -0.3 is 14.7 Å². The van der Waals surface area contributed by atoms with E-state index in [4.69, 9.17) is 4.52 Å². The van der Waals surface area contributed by atoms with E-state index in [9.17, 15) is 0 Å². The molecule has 7 nitrogen and oxygen atoms in total. The molecule has 1 atom stereocenters. The van der Waals surface area contributed by atoms with Crippen molar-refractivity contribution < 1.29 is 4.52 Å². The van der Waals surface area contributed by atoms with Crippen molar-refractivity contribution in [1.29, 1.82) is 0 Å². The van der Waals surface area contributed by atoms with Gasteiger partial charge >= 0.3 is 0 Å². The molecule has 7 heteroatoms. The summed E-state index contributed by atoms with van der Waals surface area (Å²) in [5.41, 5.74) is 4.01. The van der Waals surface area contributed by atoms with Crippen LogP contribution in [0.15, 0.2) is 35.1 Å². The molecule has 4 rings (SSSR count). The third-order valence-electron chi connectivity index (χ3n) is 5.43. The Morgan fingerprint density at radius 1 is 1.21 bits per heavy atom. The van der Waals surface area contributed by atoms with Gasteiger partial charge in [-0.3, -0.25) is 4.90 Å². The average Bonchev–Trinajstić information content (AvgIpc) is 3.07. The largest absolute Gasteiger partial charge is 0.369 e. The number of aryl methyl sites for hydroxylation is 2. The highest BCUT2D eigenvalue weighted by Gasteiger charge is 2.23. The van der Waals surface area contributed by atoms with E-state index in [1.54, 1.807) is 0 Å². The summed E-state index contributed by atoms with van der Waals surface area (Å²) in [7, 11) is 0. The highest BCUT2D eigenvalue weighted by Crippen LogP contribution is 2.23. The standard InChI is InChI=1S/C21H28N6O/c1-15-6-4-7-18(12-15)27-11-10-26(13-16(27)2)9-5-8-22-20-19-17(3)25-28-21(19)24-14-23-20/h4,6-7,12,14,16H,5,8-11,13H2,1-3H3,(H,22,23,24)/t16-/m1/s1. The molecular weight excluding hydrogens is 352 g/mol. The normalized spacial score (nSPS) is 18.0. The van der Waals surface area contributed by atoms with Crippen LogP contribution in [0.5, 0.6) is 0 Å². The second kappa shape index (κ2) is 8.14. The molecule has 3 aromatic rings. The van der Waals surface area contributed by atoms with Crippen molar-refractivity contribution in [1.82, 2.24) is 20.0 Å². The van der Waals surface area contributed by atoms with Gasteiger partial charge in [-0.1, -0.05) is 17.3 Å². The number of piperazine rings is 1. The molecule has 0 amide bonds.